The molecule has 0 aliphatic rings. The van der Waals surface area contributed by atoms with Crippen LogP contribution in [-0.4, -0.2) is 25.1 Å². The molecular weight excluding hydrogens is 334 g/mol. The number of ether oxygens (including phenoxy) is 1. The number of amides is 1. The Morgan fingerprint density at radius 1 is 1.12 bits per heavy atom. The number of para-hydroxylation sites is 2. The fourth-order valence-electron chi connectivity index (χ4n) is 2.92. The number of nitrogens with zero attached hydrogens (tertiary/aromatic N) is 4. The van der Waals surface area contributed by atoms with E-state index in [0.29, 0.717) is 33.8 Å². The first-order valence-electron chi connectivity index (χ1n) is 7.91. The number of benzene rings is 2. The molecule has 8 heteroatoms. The Balaban J connectivity index is 1.82. The molecule has 0 radical (unpaired) electrons. The topological polar surface area (TPSA) is 105 Å². The van der Waals surface area contributed by atoms with Crippen molar-refractivity contribution >= 4 is 22.6 Å². The predicted molar refractivity (Wildman–Crippen MR) is 95.0 cm³/mol. The summed E-state index contributed by atoms with van der Waals surface area (Å²) in [4.78, 5) is 24.0. The van der Waals surface area contributed by atoms with Gasteiger partial charge >= 0.3 is 0 Å². The number of aryl methyl sites for hydroxylation is 1. The standard InChI is InChI=1S/C18H15N5O3/c1-22-17(25)11-6-2-4-8-13(11)23-15(20-21-18(22)23)10-26-14-9-5-3-7-12(14)16(19)24/h2-9H,10H2,1H3,(H2,19,24). The largest absolute Gasteiger partial charge is 0.485 e. The summed E-state index contributed by atoms with van der Waals surface area (Å²) in [5.74, 6) is 0.715. The Kier molecular flexibility index (Phi) is 3.65. The molecule has 0 aliphatic heterocycles. The lowest BCUT2D eigenvalue weighted by atomic mass is 10.2. The highest BCUT2D eigenvalue weighted by atomic mass is 16.5. The van der Waals surface area contributed by atoms with Gasteiger partial charge in [0.2, 0.25) is 5.78 Å². The van der Waals surface area contributed by atoms with Crippen LogP contribution in [0.5, 0.6) is 5.75 Å². The molecule has 1 amide bonds. The van der Waals surface area contributed by atoms with Crippen LogP contribution in [0.25, 0.3) is 16.7 Å². The highest BCUT2D eigenvalue weighted by molar-refractivity contribution is 5.95. The quantitative estimate of drug-likeness (QED) is 0.597. The highest BCUT2D eigenvalue weighted by Crippen LogP contribution is 2.20. The van der Waals surface area contributed by atoms with E-state index in [9.17, 15) is 9.59 Å². The minimum Gasteiger partial charge on any atom is -0.485 e. The molecule has 0 atom stereocenters. The molecule has 0 saturated heterocycles. The number of primary amides is 1. The van der Waals surface area contributed by atoms with Gasteiger partial charge in [0.15, 0.2) is 5.82 Å². The molecule has 2 aromatic carbocycles. The average molecular weight is 349 g/mol. The van der Waals surface area contributed by atoms with Crippen LogP contribution in [0.4, 0.5) is 0 Å². The van der Waals surface area contributed by atoms with Gasteiger partial charge in [-0.25, -0.2) is 0 Å². The number of hydrogen-bond donors (Lipinski definition) is 1. The van der Waals surface area contributed by atoms with Gasteiger partial charge in [-0.05, 0) is 24.3 Å². The van der Waals surface area contributed by atoms with E-state index < -0.39 is 5.91 Å². The lowest BCUT2D eigenvalue weighted by Gasteiger charge is -2.10. The molecule has 0 spiro atoms. The Morgan fingerprint density at radius 2 is 1.85 bits per heavy atom. The van der Waals surface area contributed by atoms with E-state index in [4.69, 9.17) is 10.5 Å². The van der Waals surface area contributed by atoms with Crippen LogP contribution >= 0.6 is 0 Å². The van der Waals surface area contributed by atoms with E-state index in [2.05, 4.69) is 10.2 Å². The second-order valence-electron chi connectivity index (χ2n) is 5.78. The van der Waals surface area contributed by atoms with E-state index >= 15 is 0 Å². The fraction of sp³-hybridized carbons (Fsp3) is 0.111. The maximum absolute atomic E-state index is 12.4. The van der Waals surface area contributed by atoms with E-state index in [1.165, 1.54) is 4.57 Å². The summed E-state index contributed by atoms with van der Waals surface area (Å²) < 4.78 is 8.97. The third kappa shape index (κ3) is 2.39. The van der Waals surface area contributed by atoms with Crippen molar-refractivity contribution in [3.8, 4) is 5.75 Å². The van der Waals surface area contributed by atoms with Gasteiger partial charge in [-0.1, -0.05) is 24.3 Å². The van der Waals surface area contributed by atoms with Gasteiger partial charge in [0.05, 0.1) is 16.5 Å². The van der Waals surface area contributed by atoms with Crippen LogP contribution in [0.1, 0.15) is 16.2 Å². The second kappa shape index (κ2) is 5.99. The summed E-state index contributed by atoms with van der Waals surface area (Å²) in [5, 5.41) is 8.81. The van der Waals surface area contributed by atoms with Crippen molar-refractivity contribution in [1.29, 1.82) is 0 Å². The Morgan fingerprint density at radius 3 is 2.65 bits per heavy atom. The molecule has 0 bridgehead atoms. The SMILES string of the molecule is Cn1c(=O)c2ccccc2n2c(COc3ccccc3C(N)=O)nnc12. The molecule has 2 aromatic heterocycles. The number of carbonyl (C=O) groups excluding carboxylic acids is 1. The first kappa shape index (κ1) is 15.8. The Labute approximate surface area is 147 Å². The number of rotatable bonds is 4. The molecule has 2 N–H and O–H groups in total. The Bertz CT molecular complexity index is 1210. The summed E-state index contributed by atoms with van der Waals surface area (Å²) in [6, 6.07) is 14.0. The van der Waals surface area contributed by atoms with E-state index in [1.54, 1.807) is 47.8 Å². The van der Waals surface area contributed by atoms with E-state index in [1.807, 2.05) is 12.1 Å². The van der Waals surface area contributed by atoms with Gasteiger partial charge < -0.3 is 10.5 Å². The third-order valence-corrected chi connectivity index (χ3v) is 4.20. The van der Waals surface area contributed by atoms with Crippen molar-refractivity contribution < 1.29 is 9.53 Å². The molecule has 8 nitrogen and oxygen atoms in total. The molecule has 0 aliphatic carbocycles. The van der Waals surface area contributed by atoms with Crippen LogP contribution < -0.4 is 16.0 Å². The van der Waals surface area contributed by atoms with Gasteiger partial charge in [0.25, 0.3) is 11.5 Å². The first-order chi connectivity index (χ1) is 12.6. The Hall–Kier alpha value is -3.68. The zero-order valence-electron chi connectivity index (χ0n) is 13.9. The van der Waals surface area contributed by atoms with Gasteiger partial charge in [-0.2, -0.15) is 0 Å². The van der Waals surface area contributed by atoms with Crippen LogP contribution in [-0.2, 0) is 13.7 Å². The van der Waals surface area contributed by atoms with E-state index in [-0.39, 0.29) is 12.2 Å². The maximum atomic E-state index is 12.4. The normalized spacial score (nSPS) is 11.1. The lowest BCUT2D eigenvalue weighted by molar-refractivity contribution is 0.0995. The molecule has 2 heterocycles. The van der Waals surface area contributed by atoms with Crippen LogP contribution in [0.2, 0.25) is 0 Å². The van der Waals surface area contributed by atoms with Crippen molar-refractivity contribution in [3.63, 3.8) is 0 Å². The average Bonchev–Trinajstić information content (AvgIpc) is 3.09. The molecule has 26 heavy (non-hydrogen) atoms. The lowest BCUT2D eigenvalue weighted by Crippen LogP contribution is -2.20. The van der Waals surface area contributed by atoms with Crippen molar-refractivity contribution in [3.05, 3.63) is 70.3 Å². The molecular formula is C18H15N5O3. The summed E-state index contributed by atoms with van der Waals surface area (Å²) in [7, 11) is 1.64. The molecule has 0 unspecified atom stereocenters. The summed E-state index contributed by atoms with van der Waals surface area (Å²) >= 11 is 0. The molecule has 4 aromatic rings. The minimum absolute atomic E-state index is 0.0632. The predicted octanol–water partition coefficient (Wildman–Crippen LogP) is 1.26. The zero-order chi connectivity index (χ0) is 18.3. The fourth-order valence-corrected chi connectivity index (χ4v) is 2.92. The van der Waals surface area contributed by atoms with Gasteiger partial charge in [0.1, 0.15) is 12.4 Å². The molecule has 4 rings (SSSR count). The van der Waals surface area contributed by atoms with Gasteiger partial charge in [0, 0.05) is 7.05 Å². The number of aromatic nitrogens is 4. The van der Waals surface area contributed by atoms with Crippen molar-refractivity contribution in [1.82, 2.24) is 19.2 Å². The van der Waals surface area contributed by atoms with Crippen molar-refractivity contribution in [2.75, 3.05) is 0 Å². The van der Waals surface area contributed by atoms with Crippen molar-refractivity contribution in [2.45, 2.75) is 6.61 Å². The second-order valence-corrected chi connectivity index (χ2v) is 5.78. The van der Waals surface area contributed by atoms with E-state index in [0.717, 1.165) is 0 Å². The molecule has 0 saturated carbocycles. The van der Waals surface area contributed by atoms with Crippen LogP contribution in [0.15, 0.2) is 53.3 Å². The summed E-state index contributed by atoms with van der Waals surface area (Å²) in [5.41, 5.74) is 6.21. The monoisotopic (exact) mass is 349 g/mol. The number of hydrogen-bond acceptors (Lipinski definition) is 5. The van der Waals surface area contributed by atoms with Crippen molar-refractivity contribution in [2.24, 2.45) is 12.8 Å². The summed E-state index contributed by atoms with van der Waals surface area (Å²) in [6.07, 6.45) is 0. The third-order valence-electron chi connectivity index (χ3n) is 4.20. The summed E-state index contributed by atoms with van der Waals surface area (Å²) in [6.45, 7) is 0.0632. The number of fused-ring (bicyclic) bond motifs is 3. The first-order valence-corrected chi connectivity index (χ1v) is 7.91. The van der Waals surface area contributed by atoms with Crippen LogP contribution in [0.3, 0.4) is 0 Å². The van der Waals surface area contributed by atoms with Gasteiger partial charge in [-0.15, -0.1) is 10.2 Å². The number of carbonyl (C=O) groups is 1. The highest BCUT2D eigenvalue weighted by Gasteiger charge is 2.16. The molecule has 130 valence electrons. The number of nitrogens with two attached hydrogens (primary N) is 1. The van der Waals surface area contributed by atoms with Crippen LogP contribution in [0, 0.1) is 0 Å². The van der Waals surface area contributed by atoms with Gasteiger partial charge in [-0.3, -0.25) is 18.6 Å². The zero-order valence-corrected chi connectivity index (χ0v) is 13.9. The smallest absolute Gasteiger partial charge is 0.262 e. The maximum Gasteiger partial charge on any atom is 0.262 e. The minimum atomic E-state index is -0.570. The molecule has 0 fully saturated rings.